The van der Waals surface area contributed by atoms with E-state index in [1.807, 2.05) is 13.8 Å². The summed E-state index contributed by atoms with van der Waals surface area (Å²) in [6.07, 6.45) is 2.47. The molecule has 2 atom stereocenters. The third kappa shape index (κ3) is 6.77. The highest BCUT2D eigenvalue weighted by Gasteiger charge is 2.48. The second-order valence-corrected chi connectivity index (χ2v) is 9.66. The molecule has 10 nitrogen and oxygen atoms in total. The number of likely N-dealkylation sites (N-methyl/N-ethyl adjacent to an activating group) is 1. The number of ether oxygens (including phenoxy) is 2. The van der Waals surface area contributed by atoms with E-state index in [1.165, 1.54) is 9.80 Å². The van der Waals surface area contributed by atoms with Crippen molar-refractivity contribution in [2.24, 2.45) is 5.92 Å². The fourth-order valence-corrected chi connectivity index (χ4v) is 4.36. The molecule has 2 N–H and O–H groups in total. The monoisotopic (exact) mass is 466 g/mol. The van der Waals surface area contributed by atoms with Crippen molar-refractivity contribution in [1.29, 1.82) is 0 Å². The Labute approximate surface area is 196 Å². The van der Waals surface area contributed by atoms with Crippen LogP contribution in [0.1, 0.15) is 41.0 Å². The van der Waals surface area contributed by atoms with Gasteiger partial charge < -0.3 is 24.6 Å². The van der Waals surface area contributed by atoms with Crippen molar-refractivity contribution in [3.05, 3.63) is 12.2 Å². The standard InChI is InChI=1S/C23H38N4O6/c1-16(2)19(29)23-9-10-27(15-23)21(31)33-12-8-7-11-32-20(30)26(6)14-22(5,25-17(3)4)18(28)13-24-23/h7-8,16-17,24-25H,9-15H2,1-6H3/b8-7+/t22-,23+/m1/s1. The minimum Gasteiger partial charge on any atom is -0.445 e. The van der Waals surface area contributed by atoms with Gasteiger partial charge in [-0.3, -0.25) is 14.9 Å². The van der Waals surface area contributed by atoms with Crippen LogP contribution in [-0.4, -0.2) is 97.1 Å². The lowest BCUT2D eigenvalue weighted by atomic mass is 9.85. The van der Waals surface area contributed by atoms with Gasteiger partial charge in [-0.25, -0.2) is 9.59 Å². The van der Waals surface area contributed by atoms with E-state index in [2.05, 4.69) is 10.6 Å². The Kier molecular flexibility index (Phi) is 9.02. The summed E-state index contributed by atoms with van der Waals surface area (Å²) in [4.78, 5) is 54.3. The third-order valence-electron chi connectivity index (χ3n) is 5.97. The molecule has 0 aromatic rings. The Morgan fingerprint density at radius 1 is 1.06 bits per heavy atom. The fourth-order valence-electron chi connectivity index (χ4n) is 4.36. The molecule has 0 aromatic carbocycles. The quantitative estimate of drug-likeness (QED) is 0.596. The van der Waals surface area contributed by atoms with Gasteiger partial charge in [0.05, 0.1) is 17.6 Å². The number of Topliss-reactive ketones (excluding diaryl/α,β-unsaturated/α-hetero) is 2. The third-order valence-corrected chi connectivity index (χ3v) is 5.97. The lowest BCUT2D eigenvalue weighted by molar-refractivity contribution is -0.129. The molecule has 2 aliphatic rings. The average Bonchev–Trinajstić information content (AvgIpc) is 3.17. The molecule has 186 valence electrons. The van der Waals surface area contributed by atoms with Crippen LogP contribution in [0.5, 0.6) is 0 Å². The first-order chi connectivity index (χ1) is 15.4. The Hall–Kier alpha value is -2.46. The summed E-state index contributed by atoms with van der Waals surface area (Å²) in [7, 11) is 1.57. The summed E-state index contributed by atoms with van der Waals surface area (Å²) in [6, 6.07) is -0.0246. The smallest absolute Gasteiger partial charge is 0.410 e. The van der Waals surface area contributed by atoms with E-state index in [4.69, 9.17) is 9.47 Å². The number of hydrogen-bond donors (Lipinski definition) is 2. The highest BCUT2D eigenvalue weighted by atomic mass is 16.6. The van der Waals surface area contributed by atoms with Crippen LogP contribution >= 0.6 is 0 Å². The molecule has 0 spiro atoms. The van der Waals surface area contributed by atoms with Crippen molar-refractivity contribution < 1.29 is 28.7 Å². The SMILES string of the molecule is CC(C)N[C@]1(C)CN(C)C(=O)OC/C=C/COC(=O)N2CC[C@@](C(=O)C(C)C)(C2)NCC1=O. The summed E-state index contributed by atoms with van der Waals surface area (Å²) in [5.41, 5.74) is -2.10. The van der Waals surface area contributed by atoms with Gasteiger partial charge in [0.1, 0.15) is 13.2 Å². The van der Waals surface area contributed by atoms with Crippen LogP contribution in [-0.2, 0) is 19.1 Å². The van der Waals surface area contributed by atoms with E-state index in [1.54, 1.807) is 40.0 Å². The number of nitrogens with zero attached hydrogens (tertiary/aromatic N) is 2. The van der Waals surface area contributed by atoms with Gasteiger partial charge in [-0.1, -0.05) is 13.8 Å². The van der Waals surface area contributed by atoms with Gasteiger partial charge in [0, 0.05) is 38.6 Å². The van der Waals surface area contributed by atoms with E-state index in [0.717, 1.165) is 0 Å². The Morgan fingerprint density at radius 3 is 2.24 bits per heavy atom. The number of nitrogens with one attached hydrogen (secondary N) is 2. The van der Waals surface area contributed by atoms with Gasteiger partial charge in [-0.15, -0.1) is 0 Å². The molecule has 0 radical (unpaired) electrons. The number of hydrogen-bond acceptors (Lipinski definition) is 8. The highest BCUT2D eigenvalue weighted by Crippen LogP contribution is 2.26. The molecule has 0 unspecified atom stereocenters. The van der Waals surface area contributed by atoms with Crippen molar-refractivity contribution >= 4 is 23.8 Å². The van der Waals surface area contributed by atoms with Crippen molar-refractivity contribution in [1.82, 2.24) is 20.4 Å². The summed E-state index contributed by atoms with van der Waals surface area (Å²) in [6.45, 7) is 9.71. The maximum Gasteiger partial charge on any atom is 0.410 e. The molecular formula is C23H38N4O6. The van der Waals surface area contributed by atoms with Crippen molar-refractivity contribution in [2.45, 2.75) is 58.2 Å². The van der Waals surface area contributed by atoms with Crippen molar-refractivity contribution in [3.63, 3.8) is 0 Å². The largest absolute Gasteiger partial charge is 0.445 e. The minimum absolute atomic E-state index is 0.0142. The fraction of sp³-hybridized carbons (Fsp3) is 0.739. The van der Waals surface area contributed by atoms with Gasteiger partial charge in [0.15, 0.2) is 11.6 Å². The number of fused-ring (bicyclic) bond motifs is 2. The second kappa shape index (κ2) is 11.1. The highest BCUT2D eigenvalue weighted by molar-refractivity contribution is 5.94. The van der Waals surface area contributed by atoms with Gasteiger partial charge in [-0.05, 0) is 39.3 Å². The first kappa shape index (κ1) is 26.8. The average molecular weight is 467 g/mol. The molecule has 0 aromatic heterocycles. The molecule has 10 heteroatoms. The number of ketones is 2. The Bertz CT molecular complexity index is 783. The van der Waals surface area contributed by atoms with Crippen LogP contribution < -0.4 is 10.6 Å². The number of amides is 2. The summed E-state index contributed by atoms with van der Waals surface area (Å²) >= 11 is 0. The molecule has 2 aliphatic heterocycles. The molecule has 0 aliphatic carbocycles. The Balaban J connectivity index is 2.35. The van der Waals surface area contributed by atoms with Gasteiger partial charge in [0.2, 0.25) is 0 Å². The lowest BCUT2D eigenvalue weighted by Gasteiger charge is -2.37. The van der Waals surface area contributed by atoms with Crippen molar-refractivity contribution in [2.75, 3.05) is 46.4 Å². The zero-order chi connectivity index (χ0) is 24.8. The lowest BCUT2D eigenvalue weighted by Crippen LogP contribution is -2.64. The number of cyclic esters (lactones) is 2. The zero-order valence-electron chi connectivity index (χ0n) is 20.6. The van der Waals surface area contributed by atoms with Gasteiger partial charge >= 0.3 is 12.2 Å². The van der Waals surface area contributed by atoms with Gasteiger partial charge in [-0.2, -0.15) is 0 Å². The molecule has 2 bridgehead atoms. The molecule has 1 fully saturated rings. The molecule has 2 rings (SSSR count). The summed E-state index contributed by atoms with van der Waals surface area (Å²) < 4.78 is 10.5. The van der Waals surface area contributed by atoms with Crippen LogP contribution in [0.15, 0.2) is 12.2 Å². The molecule has 2 amide bonds. The first-order valence-corrected chi connectivity index (χ1v) is 11.4. The van der Waals surface area contributed by atoms with E-state index >= 15 is 0 Å². The summed E-state index contributed by atoms with van der Waals surface area (Å²) in [5, 5.41) is 6.45. The van der Waals surface area contributed by atoms with Crippen molar-refractivity contribution in [3.8, 4) is 0 Å². The number of carbonyl (C=O) groups excluding carboxylic acids is 4. The molecule has 0 saturated carbocycles. The molecular weight excluding hydrogens is 428 g/mol. The van der Waals surface area contributed by atoms with E-state index < -0.39 is 23.3 Å². The molecule has 2 heterocycles. The number of rotatable bonds is 4. The number of carbonyl (C=O) groups is 4. The van der Waals surface area contributed by atoms with Crippen LogP contribution in [0, 0.1) is 5.92 Å². The van der Waals surface area contributed by atoms with Crippen LogP contribution in [0.3, 0.4) is 0 Å². The minimum atomic E-state index is -1.07. The topological polar surface area (TPSA) is 117 Å². The van der Waals surface area contributed by atoms with E-state index in [-0.39, 0.29) is 56.4 Å². The summed E-state index contributed by atoms with van der Waals surface area (Å²) in [5.74, 6) is -0.527. The first-order valence-electron chi connectivity index (χ1n) is 11.4. The maximum atomic E-state index is 13.4. The Morgan fingerprint density at radius 2 is 1.67 bits per heavy atom. The predicted molar refractivity (Wildman–Crippen MR) is 123 cm³/mol. The second-order valence-electron chi connectivity index (χ2n) is 9.66. The van der Waals surface area contributed by atoms with Gasteiger partial charge in [0.25, 0.3) is 0 Å². The van der Waals surface area contributed by atoms with E-state index in [9.17, 15) is 19.2 Å². The predicted octanol–water partition coefficient (Wildman–Crippen LogP) is 1.35. The zero-order valence-corrected chi connectivity index (χ0v) is 20.6. The molecule has 1 saturated heterocycles. The van der Waals surface area contributed by atoms with E-state index in [0.29, 0.717) is 13.0 Å². The normalized spacial score (nSPS) is 29.2. The van der Waals surface area contributed by atoms with Crippen LogP contribution in [0.2, 0.25) is 0 Å². The molecule has 33 heavy (non-hydrogen) atoms. The van der Waals surface area contributed by atoms with Crippen LogP contribution in [0.4, 0.5) is 9.59 Å². The maximum absolute atomic E-state index is 13.4. The van der Waals surface area contributed by atoms with Crippen LogP contribution in [0.25, 0.3) is 0 Å².